The molecule has 0 bridgehead atoms. The van der Waals surface area contributed by atoms with Gasteiger partial charge < -0.3 is 4.52 Å². The van der Waals surface area contributed by atoms with E-state index in [1.54, 1.807) is 13.8 Å². The third kappa shape index (κ3) is 1.16. The molecule has 0 fully saturated rings. The summed E-state index contributed by atoms with van der Waals surface area (Å²) in [6, 6.07) is 0. The van der Waals surface area contributed by atoms with Crippen LogP contribution in [0.5, 0.6) is 0 Å². The largest absolute Gasteiger partial charge is 0.439 e. The second-order valence-electron chi connectivity index (χ2n) is 2.64. The quantitative estimate of drug-likeness (QED) is 0.697. The molecule has 2 rings (SSSR count). The average Bonchev–Trinajstić information content (AvgIpc) is 2.60. The lowest BCUT2D eigenvalue weighted by molar-refractivity contribution is 0.386. The number of nitrogens with one attached hydrogen (secondary N) is 1. The molecular weight excluding hydrogens is 174 g/mol. The maximum Gasteiger partial charge on any atom is 0.439 e. The predicted octanol–water partition coefficient (Wildman–Crippen LogP) is 0.635. The number of hydrogen-bond donors (Lipinski definition) is 1. The standard InChI is InChI=1S/C7H7N3O3/c1-3-5(4(2)12-9-3)6-8-7(11)13-10-6/h1-2H3,(H,8,10,11). The number of hydrogen-bond acceptors (Lipinski definition) is 5. The zero-order valence-corrected chi connectivity index (χ0v) is 7.12. The number of H-pyrrole nitrogens is 1. The smallest absolute Gasteiger partial charge is 0.361 e. The first-order valence-corrected chi connectivity index (χ1v) is 3.67. The van der Waals surface area contributed by atoms with E-state index in [0.29, 0.717) is 22.8 Å². The van der Waals surface area contributed by atoms with Crippen LogP contribution in [0.2, 0.25) is 0 Å². The Morgan fingerprint density at radius 1 is 1.23 bits per heavy atom. The van der Waals surface area contributed by atoms with Gasteiger partial charge in [0.2, 0.25) is 0 Å². The molecule has 0 saturated carbocycles. The fourth-order valence-corrected chi connectivity index (χ4v) is 1.16. The maximum atomic E-state index is 10.7. The lowest BCUT2D eigenvalue weighted by Crippen LogP contribution is -1.95. The van der Waals surface area contributed by atoms with Crippen LogP contribution >= 0.6 is 0 Å². The summed E-state index contributed by atoms with van der Waals surface area (Å²) in [5.41, 5.74) is 1.34. The van der Waals surface area contributed by atoms with Crippen molar-refractivity contribution in [1.82, 2.24) is 15.3 Å². The van der Waals surface area contributed by atoms with Crippen LogP contribution in [0.4, 0.5) is 0 Å². The number of aromatic nitrogens is 3. The van der Waals surface area contributed by atoms with Gasteiger partial charge in [0.1, 0.15) is 5.76 Å². The molecule has 0 saturated heterocycles. The Bertz CT molecular complexity index is 460. The zero-order valence-electron chi connectivity index (χ0n) is 7.12. The highest BCUT2D eigenvalue weighted by Crippen LogP contribution is 2.21. The van der Waals surface area contributed by atoms with E-state index in [0.717, 1.165) is 0 Å². The molecule has 2 aromatic rings. The second-order valence-corrected chi connectivity index (χ2v) is 2.64. The molecule has 13 heavy (non-hydrogen) atoms. The molecule has 6 nitrogen and oxygen atoms in total. The van der Waals surface area contributed by atoms with Gasteiger partial charge in [0.25, 0.3) is 0 Å². The molecule has 2 aromatic heterocycles. The molecular formula is C7H7N3O3. The van der Waals surface area contributed by atoms with Crippen molar-refractivity contribution in [3.8, 4) is 11.4 Å². The first kappa shape index (κ1) is 7.78. The van der Waals surface area contributed by atoms with E-state index in [9.17, 15) is 4.79 Å². The van der Waals surface area contributed by atoms with E-state index in [2.05, 4.69) is 19.8 Å². The normalized spacial score (nSPS) is 10.6. The van der Waals surface area contributed by atoms with Crippen LogP contribution in [-0.4, -0.2) is 15.3 Å². The molecule has 0 spiro atoms. The van der Waals surface area contributed by atoms with Crippen molar-refractivity contribution in [3.63, 3.8) is 0 Å². The van der Waals surface area contributed by atoms with Crippen molar-refractivity contribution in [2.24, 2.45) is 0 Å². The topological polar surface area (TPSA) is 84.9 Å². The molecule has 2 heterocycles. The second kappa shape index (κ2) is 2.58. The van der Waals surface area contributed by atoms with E-state index in [1.165, 1.54) is 0 Å². The first-order valence-electron chi connectivity index (χ1n) is 3.67. The average molecular weight is 181 g/mol. The van der Waals surface area contributed by atoms with Crippen molar-refractivity contribution in [2.45, 2.75) is 13.8 Å². The van der Waals surface area contributed by atoms with Crippen LogP contribution in [0.1, 0.15) is 11.5 Å². The van der Waals surface area contributed by atoms with Crippen LogP contribution in [0.25, 0.3) is 11.4 Å². The van der Waals surface area contributed by atoms with Gasteiger partial charge in [-0.15, -0.1) is 0 Å². The highest BCUT2D eigenvalue weighted by Gasteiger charge is 2.15. The molecule has 0 aliphatic rings. The Morgan fingerprint density at radius 2 is 2.00 bits per heavy atom. The monoisotopic (exact) mass is 181 g/mol. The third-order valence-corrected chi connectivity index (χ3v) is 1.71. The van der Waals surface area contributed by atoms with Gasteiger partial charge in [0, 0.05) is 0 Å². The summed E-state index contributed by atoms with van der Waals surface area (Å²) < 4.78 is 9.27. The Hall–Kier alpha value is -1.85. The number of rotatable bonds is 1. The Labute approximate surface area is 72.5 Å². The molecule has 0 aliphatic carbocycles. The summed E-state index contributed by atoms with van der Waals surface area (Å²) >= 11 is 0. The van der Waals surface area contributed by atoms with Crippen molar-refractivity contribution in [2.75, 3.05) is 0 Å². The van der Waals surface area contributed by atoms with Gasteiger partial charge in [-0.05, 0) is 13.8 Å². The first-order chi connectivity index (χ1) is 6.18. The number of aromatic amines is 1. The molecule has 0 atom stereocenters. The van der Waals surface area contributed by atoms with E-state index in [4.69, 9.17) is 4.52 Å². The molecule has 0 radical (unpaired) electrons. The third-order valence-electron chi connectivity index (χ3n) is 1.71. The zero-order chi connectivity index (χ0) is 9.42. The molecule has 0 unspecified atom stereocenters. The molecule has 6 heteroatoms. The summed E-state index contributed by atoms with van der Waals surface area (Å²) in [6.45, 7) is 3.50. The van der Waals surface area contributed by atoms with Crippen LogP contribution in [0.15, 0.2) is 13.8 Å². The number of aryl methyl sites for hydroxylation is 2. The minimum atomic E-state index is -0.588. The van der Waals surface area contributed by atoms with Crippen molar-refractivity contribution < 1.29 is 9.05 Å². The van der Waals surface area contributed by atoms with Gasteiger partial charge in [0.15, 0.2) is 5.82 Å². The minimum Gasteiger partial charge on any atom is -0.361 e. The van der Waals surface area contributed by atoms with Crippen LogP contribution in [0, 0.1) is 13.8 Å². The lowest BCUT2D eigenvalue weighted by Gasteiger charge is -1.88. The summed E-state index contributed by atoms with van der Waals surface area (Å²) in [5, 5.41) is 7.26. The summed E-state index contributed by atoms with van der Waals surface area (Å²) in [6.07, 6.45) is 0. The Kier molecular flexibility index (Phi) is 1.54. The van der Waals surface area contributed by atoms with Crippen molar-refractivity contribution in [3.05, 3.63) is 22.0 Å². The molecule has 1 N–H and O–H groups in total. The summed E-state index contributed by atoms with van der Waals surface area (Å²) in [7, 11) is 0. The predicted molar refractivity (Wildman–Crippen MR) is 42.1 cm³/mol. The maximum absolute atomic E-state index is 10.7. The van der Waals surface area contributed by atoms with Crippen LogP contribution < -0.4 is 5.76 Å². The van der Waals surface area contributed by atoms with E-state index in [1.807, 2.05) is 0 Å². The van der Waals surface area contributed by atoms with Gasteiger partial charge in [-0.2, -0.15) is 0 Å². The molecule has 0 aromatic carbocycles. The molecule has 0 amide bonds. The van der Waals surface area contributed by atoms with Gasteiger partial charge in [-0.25, -0.2) is 4.79 Å². The lowest BCUT2D eigenvalue weighted by atomic mass is 10.2. The van der Waals surface area contributed by atoms with Crippen LogP contribution in [0.3, 0.4) is 0 Å². The summed E-state index contributed by atoms with van der Waals surface area (Å²) in [4.78, 5) is 13.1. The molecule has 0 aliphatic heterocycles. The fourth-order valence-electron chi connectivity index (χ4n) is 1.16. The van der Waals surface area contributed by atoms with Gasteiger partial charge >= 0.3 is 5.76 Å². The minimum absolute atomic E-state index is 0.348. The Balaban J connectivity index is 2.64. The van der Waals surface area contributed by atoms with E-state index in [-0.39, 0.29) is 0 Å². The van der Waals surface area contributed by atoms with E-state index >= 15 is 0 Å². The van der Waals surface area contributed by atoms with E-state index < -0.39 is 5.76 Å². The molecule has 68 valence electrons. The van der Waals surface area contributed by atoms with Crippen molar-refractivity contribution >= 4 is 0 Å². The van der Waals surface area contributed by atoms with Gasteiger partial charge in [0.05, 0.1) is 11.3 Å². The summed E-state index contributed by atoms with van der Waals surface area (Å²) in [5.74, 6) is 0.360. The van der Waals surface area contributed by atoms with Gasteiger partial charge in [-0.1, -0.05) is 10.3 Å². The Morgan fingerprint density at radius 3 is 2.46 bits per heavy atom. The highest BCUT2D eigenvalue weighted by molar-refractivity contribution is 5.58. The number of nitrogens with zero attached hydrogens (tertiary/aromatic N) is 2. The SMILES string of the molecule is Cc1noc(C)c1-c1noc(=O)[nH]1. The van der Waals surface area contributed by atoms with Crippen molar-refractivity contribution in [1.29, 1.82) is 0 Å². The highest BCUT2D eigenvalue weighted by atomic mass is 16.5. The fraction of sp³-hybridized carbons (Fsp3) is 0.286. The van der Waals surface area contributed by atoms with Gasteiger partial charge in [-0.3, -0.25) is 9.51 Å². The van der Waals surface area contributed by atoms with Crippen LogP contribution in [-0.2, 0) is 0 Å².